The summed E-state index contributed by atoms with van der Waals surface area (Å²) < 4.78 is 44.4. The monoisotopic (exact) mass is 343 g/mol. The Morgan fingerprint density at radius 3 is 2.63 bits per heavy atom. The van der Waals surface area contributed by atoms with E-state index in [0.717, 1.165) is 6.07 Å². The topological polar surface area (TPSA) is 68.7 Å². The Hall–Kier alpha value is -1.51. The number of nitrogens with zero attached hydrogens (tertiary/aromatic N) is 1. The highest BCUT2D eigenvalue weighted by molar-refractivity contribution is 9.08. The Morgan fingerprint density at radius 2 is 2.16 bits per heavy atom. The van der Waals surface area contributed by atoms with Crippen LogP contribution in [0, 0.1) is 0 Å². The fourth-order valence-electron chi connectivity index (χ4n) is 1.19. The zero-order valence-electron chi connectivity index (χ0n) is 9.62. The van der Waals surface area contributed by atoms with Gasteiger partial charge in [0.25, 0.3) is 5.88 Å². The third-order valence-corrected chi connectivity index (χ3v) is 2.48. The number of aromatic nitrogens is 1. The maximum absolute atomic E-state index is 12.1. The fourth-order valence-corrected chi connectivity index (χ4v) is 1.62. The van der Waals surface area contributed by atoms with E-state index in [4.69, 9.17) is 0 Å². The number of carbonyl (C=O) groups is 1. The average molecular weight is 344 g/mol. The van der Waals surface area contributed by atoms with Gasteiger partial charge in [-0.2, -0.15) is 0 Å². The number of hydrogen-bond acceptors (Lipinski definition) is 5. The number of esters is 1. The standard InChI is InChI=1S/C10H9BrF3NO4/c1-2-18-9(17)7-5(4-11)3-6(16)8(15-7)19-10(12,13)14/h3,16H,2,4H2,1H3. The molecule has 1 rings (SSSR count). The van der Waals surface area contributed by atoms with Crippen molar-refractivity contribution in [2.45, 2.75) is 18.6 Å². The van der Waals surface area contributed by atoms with Crippen LogP contribution < -0.4 is 4.74 Å². The SMILES string of the molecule is CCOC(=O)c1nc(OC(F)(F)F)c(O)cc1CBr. The molecule has 9 heteroatoms. The molecule has 106 valence electrons. The van der Waals surface area contributed by atoms with Gasteiger partial charge in [0.1, 0.15) is 0 Å². The van der Waals surface area contributed by atoms with Crippen molar-refractivity contribution in [1.82, 2.24) is 4.98 Å². The summed E-state index contributed by atoms with van der Waals surface area (Å²) in [7, 11) is 0. The lowest BCUT2D eigenvalue weighted by Gasteiger charge is -2.12. The molecule has 0 bridgehead atoms. The first-order valence-electron chi connectivity index (χ1n) is 5.00. The van der Waals surface area contributed by atoms with Crippen molar-refractivity contribution in [1.29, 1.82) is 0 Å². The number of hydrogen-bond donors (Lipinski definition) is 1. The fraction of sp³-hybridized carbons (Fsp3) is 0.400. The number of rotatable bonds is 4. The molecule has 1 heterocycles. The Balaban J connectivity index is 3.21. The van der Waals surface area contributed by atoms with Crippen LogP contribution in [-0.2, 0) is 10.1 Å². The third kappa shape index (κ3) is 4.27. The normalized spacial score (nSPS) is 11.2. The van der Waals surface area contributed by atoms with Gasteiger partial charge < -0.3 is 14.6 Å². The Bertz CT molecular complexity index is 479. The van der Waals surface area contributed by atoms with Gasteiger partial charge in [-0.3, -0.25) is 0 Å². The predicted molar refractivity (Wildman–Crippen MR) is 61.2 cm³/mol. The maximum Gasteiger partial charge on any atom is 0.574 e. The van der Waals surface area contributed by atoms with Gasteiger partial charge in [0, 0.05) is 5.33 Å². The second-order valence-electron chi connectivity index (χ2n) is 3.22. The van der Waals surface area contributed by atoms with Gasteiger partial charge in [0.15, 0.2) is 11.4 Å². The van der Waals surface area contributed by atoms with E-state index in [1.807, 2.05) is 0 Å². The Morgan fingerprint density at radius 1 is 1.53 bits per heavy atom. The molecule has 0 aliphatic heterocycles. The van der Waals surface area contributed by atoms with Crippen molar-refractivity contribution >= 4 is 21.9 Å². The minimum absolute atomic E-state index is 0.0403. The molecule has 0 aromatic carbocycles. The lowest BCUT2D eigenvalue weighted by molar-refractivity contribution is -0.276. The van der Waals surface area contributed by atoms with Gasteiger partial charge in [0.05, 0.1) is 6.61 Å². The molecule has 1 aromatic heterocycles. The molecule has 0 aliphatic carbocycles. The zero-order valence-corrected chi connectivity index (χ0v) is 11.2. The van der Waals surface area contributed by atoms with Gasteiger partial charge in [-0.25, -0.2) is 9.78 Å². The molecule has 1 N–H and O–H groups in total. The van der Waals surface area contributed by atoms with E-state index in [1.165, 1.54) is 0 Å². The second kappa shape index (κ2) is 6.09. The molecule has 0 fully saturated rings. The second-order valence-corrected chi connectivity index (χ2v) is 3.78. The van der Waals surface area contributed by atoms with Gasteiger partial charge >= 0.3 is 12.3 Å². The molecule has 0 saturated carbocycles. The molecule has 0 aliphatic rings. The summed E-state index contributed by atoms with van der Waals surface area (Å²) in [5, 5.41) is 9.47. The van der Waals surface area contributed by atoms with E-state index < -0.39 is 24.0 Å². The van der Waals surface area contributed by atoms with E-state index in [2.05, 4.69) is 30.4 Å². The van der Waals surface area contributed by atoms with E-state index >= 15 is 0 Å². The van der Waals surface area contributed by atoms with Gasteiger partial charge in [-0.15, -0.1) is 13.2 Å². The highest BCUT2D eigenvalue weighted by Gasteiger charge is 2.34. The third-order valence-electron chi connectivity index (χ3n) is 1.87. The van der Waals surface area contributed by atoms with Crippen LogP contribution in [0.15, 0.2) is 6.07 Å². The van der Waals surface area contributed by atoms with Gasteiger partial charge in [-0.05, 0) is 18.6 Å². The molecule has 0 unspecified atom stereocenters. The average Bonchev–Trinajstić information content (AvgIpc) is 2.29. The first-order valence-corrected chi connectivity index (χ1v) is 6.12. The Labute approximate surface area is 114 Å². The minimum Gasteiger partial charge on any atom is -0.503 e. The lowest BCUT2D eigenvalue weighted by atomic mass is 10.2. The molecule has 0 radical (unpaired) electrons. The molecule has 0 amide bonds. The summed E-state index contributed by atoms with van der Waals surface area (Å²) >= 11 is 3.03. The highest BCUT2D eigenvalue weighted by Crippen LogP contribution is 2.32. The van der Waals surface area contributed by atoms with Crippen LogP contribution in [0.5, 0.6) is 11.6 Å². The van der Waals surface area contributed by atoms with Crippen LogP contribution in [0.25, 0.3) is 0 Å². The largest absolute Gasteiger partial charge is 0.574 e. The van der Waals surface area contributed by atoms with Gasteiger partial charge in [-0.1, -0.05) is 15.9 Å². The van der Waals surface area contributed by atoms with Gasteiger partial charge in [0.2, 0.25) is 0 Å². The molecule has 5 nitrogen and oxygen atoms in total. The summed E-state index contributed by atoms with van der Waals surface area (Å²) in [5.41, 5.74) is -0.166. The molecule has 1 aromatic rings. The summed E-state index contributed by atoms with van der Waals surface area (Å²) in [4.78, 5) is 14.9. The molecular formula is C10H9BrF3NO4. The van der Waals surface area contributed by atoms with E-state index in [9.17, 15) is 23.1 Å². The number of halogens is 4. The number of aromatic hydroxyl groups is 1. The molecule has 0 saturated heterocycles. The number of ether oxygens (including phenoxy) is 2. The smallest absolute Gasteiger partial charge is 0.503 e. The Kier molecular flexibility index (Phi) is 4.98. The van der Waals surface area contributed by atoms with Crippen LogP contribution in [0.2, 0.25) is 0 Å². The molecule has 0 atom stereocenters. The van der Waals surface area contributed by atoms with Crippen molar-refractivity contribution in [3.05, 3.63) is 17.3 Å². The van der Waals surface area contributed by atoms with Crippen LogP contribution in [0.3, 0.4) is 0 Å². The number of carbonyl (C=O) groups excluding carboxylic acids is 1. The zero-order chi connectivity index (χ0) is 14.6. The summed E-state index contributed by atoms with van der Waals surface area (Å²) in [6.45, 7) is 1.58. The van der Waals surface area contributed by atoms with Crippen LogP contribution in [0.4, 0.5) is 13.2 Å². The highest BCUT2D eigenvalue weighted by atomic mass is 79.9. The van der Waals surface area contributed by atoms with E-state index in [-0.39, 0.29) is 23.2 Å². The number of pyridine rings is 1. The van der Waals surface area contributed by atoms with Crippen molar-refractivity contribution in [2.24, 2.45) is 0 Å². The summed E-state index contributed by atoms with van der Waals surface area (Å²) in [6, 6.07) is 0.953. The van der Waals surface area contributed by atoms with E-state index in [1.54, 1.807) is 6.92 Å². The van der Waals surface area contributed by atoms with Crippen LogP contribution in [-0.4, -0.2) is 29.0 Å². The van der Waals surface area contributed by atoms with E-state index in [0.29, 0.717) is 0 Å². The van der Waals surface area contributed by atoms with Crippen molar-refractivity contribution in [2.75, 3.05) is 6.61 Å². The number of alkyl halides is 4. The molecule has 0 spiro atoms. The van der Waals surface area contributed by atoms with Crippen LogP contribution >= 0.6 is 15.9 Å². The molecule has 19 heavy (non-hydrogen) atoms. The first-order chi connectivity index (χ1) is 8.78. The maximum atomic E-state index is 12.1. The quantitative estimate of drug-likeness (QED) is 0.672. The lowest BCUT2D eigenvalue weighted by Crippen LogP contribution is -2.19. The first kappa shape index (κ1) is 15.5. The predicted octanol–water partition coefficient (Wildman–Crippen LogP) is 2.76. The minimum atomic E-state index is -5.02. The van der Waals surface area contributed by atoms with Crippen LogP contribution in [0.1, 0.15) is 23.0 Å². The summed E-state index contributed by atoms with van der Waals surface area (Å²) in [5.74, 6) is -2.82. The molecular weight excluding hydrogens is 335 g/mol. The van der Waals surface area contributed by atoms with Crippen molar-refractivity contribution < 1.29 is 32.5 Å². The summed E-state index contributed by atoms with van der Waals surface area (Å²) in [6.07, 6.45) is -5.02. The van der Waals surface area contributed by atoms with Crippen molar-refractivity contribution in [3.8, 4) is 11.6 Å². The van der Waals surface area contributed by atoms with Crippen molar-refractivity contribution in [3.63, 3.8) is 0 Å².